The zero-order valence-electron chi connectivity index (χ0n) is 14.8. The maximum absolute atomic E-state index is 12.7. The molecule has 2 aromatic rings. The largest absolute Gasteiger partial charge is 0.465 e. The number of nitrogens with zero attached hydrogens (tertiary/aromatic N) is 1. The van der Waals surface area contributed by atoms with E-state index in [2.05, 4.69) is 0 Å². The van der Waals surface area contributed by atoms with Crippen LogP contribution >= 0.6 is 0 Å². The molecule has 26 heavy (non-hydrogen) atoms. The summed E-state index contributed by atoms with van der Waals surface area (Å²) in [7, 11) is 3.03. The summed E-state index contributed by atoms with van der Waals surface area (Å²) >= 11 is 0. The lowest BCUT2D eigenvalue weighted by molar-refractivity contribution is -0.195. The van der Waals surface area contributed by atoms with Crippen LogP contribution in [0.2, 0.25) is 0 Å². The van der Waals surface area contributed by atoms with Crippen LogP contribution in [0.4, 0.5) is 0 Å². The SMILES string of the molecule is COC(=O)c1cccc(OC2(OCc3ccccc3)CCN(C)C2=O)c1. The second-order valence-corrected chi connectivity index (χ2v) is 6.13. The minimum Gasteiger partial charge on any atom is -0.465 e. The van der Waals surface area contributed by atoms with Crippen LogP contribution < -0.4 is 4.74 Å². The van der Waals surface area contributed by atoms with Crippen LogP contribution in [-0.2, 0) is 20.9 Å². The van der Waals surface area contributed by atoms with Gasteiger partial charge in [-0.15, -0.1) is 0 Å². The van der Waals surface area contributed by atoms with E-state index in [0.717, 1.165) is 5.56 Å². The van der Waals surface area contributed by atoms with Crippen LogP contribution in [0.15, 0.2) is 54.6 Å². The molecular weight excluding hydrogens is 334 g/mol. The third kappa shape index (κ3) is 3.70. The van der Waals surface area contributed by atoms with E-state index in [1.807, 2.05) is 30.3 Å². The van der Waals surface area contributed by atoms with Crippen molar-refractivity contribution in [1.29, 1.82) is 0 Å². The molecule has 1 amide bonds. The fraction of sp³-hybridized carbons (Fsp3) is 0.300. The Morgan fingerprint density at radius 3 is 2.58 bits per heavy atom. The van der Waals surface area contributed by atoms with Gasteiger partial charge in [0.1, 0.15) is 5.75 Å². The molecular formula is C20H21NO5. The van der Waals surface area contributed by atoms with Crippen molar-refractivity contribution in [1.82, 2.24) is 4.90 Å². The Kier molecular flexibility index (Phi) is 5.23. The Labute approximate surface area is 152 Å². The molecule has 1 fully saturated rings. The smallest absolute Gasteiger partial charge is 0.337 e. The number of carbonyl (C=O) groups is 2. The van der Waals surface area contributed by atoms with Crippen LogP contribution in [0.3, 0.4) is 0 Å². The lowest BCUT2D eigenvalue weighted by atomic mass is 10.2. The minimum atomic E-state index is -1.40. The first kappa shape index (κ1) is 17.9. The average molecular weight is 355 g/mol. The molecule has 6 nitrogen and oxygen atoms in total. The third-order valence-corrected chi connectivity index (χ3v) is 4.30. The maximum Gasteiger partial charge on any atom is 0.337 e. The predicted octanol–water partition coefficient (Wildman–Crippen LogP) is 2.63. The van der Waals surface area contributed by atoms with Gasteiger partial charge in [-0.25, -0.2) is 4.79 Å². The predicted molar refractivity (Wildman–Crippen MR) is 94.6 cm³/mol. The molecule has 0 N–H and O–H groups in total. The van der Waals surface area contributed by atoms with E-state index >= 15 is 0 Å². The number of rotatable bonds is 6. The molecule has 0 saturated carbocycles. The van der Waals surface area contributed by atoms with Crippen molar-refractivity contribution in [3.05, 3.63) is 65.7 Å². The van der Waals surface area contributed by atoms with Crippen LogP contribution in [0.5, 0.6) is 5.75 Å². The molecule has 2 aromatic carbocycles. The Hall–Kier alpha value is -2.86. The molecule has 1 saturated heterocycles. The van der Waals surface area contributed by atoms with Crippen LogP contribution in [0.25, 0.3) is 0 Å². The van der Waals surface area contributed by atoms with E-state index < -0.39 is 11.8 Å². The fourth-order valence-electron chi connectivity index (χ4n) is 2.84. The molecule has 1 heterocycles. The first-order valence-electron chi connectivity index (χ1n) is 8.35. The molecule has 1 atom stereocenters. The monoisotopic (exact) mass is 355 g/mol. The first-order chi connectivity index (χ1) is 12.5. The minimum absolute atomic E-state index is 0.239. The molecule has 1 unspecified atom stereocenters. The van der Waals surface area contributed by atoms with Crippen LogP contribution in [0, 0.1) is 0 Å². The van der Waals surface area contributed by atoms with Crippen molar-refractivity contribution in [3.8, 4) is 5.75 Å². The standard InChI is InChI=1S/C20H21NO5/c1-21-12-11-20(19(21)23,25-14-15-7-4-3-5-8-15)26-17-10-6-9-16(13-17)18(22)24-2/h3-10,13H,11-12,14H2,1-2H3. The second-order valence-electron chi connectivity index (χ2n) is 6.13. The van der Waals surface area contributed by atoms with Gasteiger partial charge in [0, 0.05) is 20.0 Å². The van der Waals surface area contributed by atoms with E-state index in [1.54, 1.807) is 36.2 Å². The number of likely N-dealkylation sites (tertiary alicyclic amines) is 1. The van der Waals surface area contributed by atoms with Gasteiger partial charge in [-0.2, -0.15) is 0 Å². The summed E-state index contributed by atoms with van der Waals surface area (Å²) in [6.07, 6.45) is 0.400. The number of methoxy groups -OCH3 is 1. The van der Waals surface area contributed by atoms with Crippen molar-refractivity contribution >= 4 is 11.9 Å². The van der Waals surface area contributed by atoms with Crippen LogP contribution in [0.1, 0.15) is 22.3 Å². The van der Waals surface area contributed by atoms with Gasteiger partial charge >= 0.3 is 5.97 Å². The van der Waals surface area contributed by atoms with Gasteiger partial charge < -0.3 is 19.1 Å². The summed E-state index contributed by atoms with van der Waals surface area (Å²) in [6, 6.07) is 16.1. The average Bonchev–Trinajstić information content (AvgIpc) is 2.95. The molecule has 3 rings (SSSR count). The Morgan fingerprint density at radius 2 is 1.92 bits per heavy atom. The molecule has 1 aliphatic rings. The first-order valence-corrected chi connectivity index (χ1v) is 8.35. The topological polar surface area (TPSA) is 65.1 Å². The Bertz CT molecular complexity index is 792. The number of benzene rings is 2. The van der Waals surface area contributed by atoms with Crippen molar-refractivity contribution in [2.24, 2.45) is 0 Å². The van der Waals surface area contributed by atoms with E-state index in [0.29, 0.717) is 24.3 Å². The maximum atomic E-state index is 12.7. The van der Waals surface area contributed by atoms with Crippen molar-refractivity contribution in [3.63, 3.8) is 0 Å². The molecule has 0 aliphatic carbocycles. The van der Waals surface area contributed by atoms with Gasteiger partial charge in [0.05, 0.1) is 19.3 Å². The zero-order valence-corrected chi connectivity index (χ0v) is 14.8. The fourth-order valence-corrected chi connectivity index (χ4v) is 2.84. The lowest BCUT2D eigenvalue weighted by Crippen LogP contribution is -2.46. The number of carbonyl (C=O) groups excluding carboxylic acids is 2. The summed E-state index contributed by atoms with van der Waals surface area (Å²) in [5.41, 5.74) is 1.29. The van der Waals surface area contributed by atoms with Gasteiger partial charge in [0.2, 0.25) is 0 Å². The van der Waals surface area contributed by atoms with Crippen molar-refractivity contribution < 1.29 is 23.8 Å². The second kappa shape index (κ2) is 7.58. The molecule has 0 aromatic heterocycles. The van der Waals surface area contributed by atoms with Gasteiger partial charge in [-0.1, -0.05) is 36.4 Å². The molecule has 1 aliphatic heterocycles. The highest BCUT2D eigenvalue weighted by molar-refractivity contribution is 5.90. The number of hydrogen-bond donors (Lipinski definition) is 0. The summed E-state index contributed by atoms with van der Waals surface area (Å²) in [6.45, 7) is 0.779. The summed E-state index contributed by atoms with van der Waals surface area (Å²) in [5, 5.41) is 0. The van der Waals surface area contributed by atoms with Crippen LogP contribution in [-0.4, -0.2) is 43.3 Å². The highest BCUT2D eigenvalue weighted by Gasteiger charge is 2.49. The number of hydrogen-bond acceptors (Lipinski definition) is 5. The zero-order chi connectivity index (χ0) is 18.6. The highest BCUT2D eigenvalue weighted by Crippen LogP contribution is 2.31. The molecule has 136 valence electrons. The lowest BCUT2D eigenvalue weighted by Gasteiger charge is -2.28. The summed E-state index contributed by atoms with van der Waals surface area (Å²) < 4.78 is 16.7. The normalized spacial score (nSPS) is 19.5. The third-order valence-electron chi connectivity index (χ3n) is 4.30. The number of amides is 1. The van der Waals surface area contributed by atoms with Gasteiger partial charge in [-0.05, 0) is 23.8 Å². The van der Waals surface area contributed by atoms with Crippen molar-refractivity contribution in [2.45, 2.75) is 18.8 Å². The van der Waals surface area contributed by atoms with Gasteiger partial charge in [0.25, 0.3) is 11.7 Å². The van der Waals surface area contributed by atoms with Gasteiger partial charge in [0.15, 0.2) is 0 Å². The van der Waals surface area contributed by atoms with Gasteiger partial charge in [-0.3, -0.25) is 4.79 Å². The molecule has 0 bridgehead atoms. The number of ether oxygens (including phenoxy) is 3. The molecule has 0 radical (unpaired) electrons. The Morgan fingerprint density at radius 1 is 1.15 bits per heavy atom. The Balaban J connectivity index is 1.83. The van der Waals surface area contributed by atoms with E-state index in [4.69, 9.17) is 14.2 Å². The van der Waals surface area contributed by atoms with E-state index in [1.165, 1.54) is 7.11 Å². The number of likely N-dealkylation sites (N-methyl/N-ethyl adjacent to an activating group) is 1. The summed E-state index contributed by atoms with van der Waals surface area (Å²) in [4.78, 5) is 26.0. The quantitative estimate of drug-likeness (QED) is 0.589. The molecule has 6 heteroatoms. The molecule has 0 spiro atoms. The number of esters is 1. The van der Waals surface area contributed by atoms with Crippen molar-refractivity contribution in [2.75, 3.05) is 20.7 Å². The van der Waals surface area contributed by atoms with E-state index in [-0.39, 0.29) is 12.5 Å². The highest BCUT2D eigenvalue weighted by atomic mass is 16.7. The van der Waals surface area contributed by atoms with E-state index in [9.17, 15) is 9.59 Å². The summed E-state index contributed by atoms with van der Waals surface area (Å²) in [5.74, 6) is -1.73.